The van der Waals surface area contributed by atoms with Gasteiger partial charge in [0.15, 0.2) is 6.10 Å². The van der Waals surface area contributed by atoms with Crippen molar-refractivity contribution in [3.05, 3.63) is 46.3 Å². The number of carboxylic acid groups (broad SMARTS) is 1. The maximum atomic E-state index is 11.5. The van der Waals surface area contributed by atoms with E-state index < -0.39 is 18.1 Å². The minimum Gasteiger partial charge on any atom is -0.479 e. The highest BCUT2D eigenvalue weighted by Gasteiger charge is 2.28. The van der Waals surface area contributed by atoms with Gasteiger partial charge in [-0.1, -0.05) is 74.5 Å². The van der Waals surface area contributed by atoms with E-state index in [0.717, 1.165) is 31.2 Å². The lowest BCUT2D eigenvalue weighted by Crippen LogP contribution is -2.35. The van der Waals surface area contributed by atoms with Crippen molar-refractivity contribution in [2.45, 2.75) is 64.2 Å². The number of azide groups is 1. The molecule has 0 bridgehead atoms. The highest BCUT2D eigenvalue weighted by atomic mass is 16.5. The van der Waals surface area contributed by atoms with Crippen LogP contribution in [0.5, 0.6) is 0 Å². The van der Waals surface area contributed by atoms with Crippen molar-refractivity contribution in [1.82, 2.24) is 0 Å². The van der Waals surface area contributed by atoms with E-state index in [9.17, 15) is 9.90 Å². The average Bonchev–Trinajstić information content (AvgIpc) is 2.55. The number of unbranched alkanes of at least 4 members (excludes halogenated alkanes) is 4. The van der Waals surface area contributed by atoms with Crippen LogP contribution in [-0.2, 0) is 16.1 Å². The number of carboxylic acids is 1. The molecule has 0 aromatic heterocycles. The van der Waals surface area contributed by atoms with Crippen molar-refractivity contribution in [3.63, 3.8) is 0 Å². The summed E-state index contributed by atoms with van der Waals surface area (Å²) in [5.41, 5.74) is 9.59. The van der Waals surface area contributed by atoms with E-state index in [4.69, 9.17) is 10.3 Å². The first-order chi connectivity index (χ1) is 11.2. The Bertz CT molecular complexity index is 501. The molecule has 0 amide bonds. The Morgan fingerprint density at radius 2 is 1.96 bits per heavy atom. The van der Waals surface area contributed by atoms with E-state index in [-0.39, 0.29) is 6.61 Å². The molecule has 2 atom stereocenters. The summed E-state index contributed by atoms with van der Waals surface area (Å²) in [6, 6.07) is 8.68. The summed E-state index contributed by atoms with van der Waals surface area (Å²) < 4.78 is 5.52. The molecule has 0 aliphatic heterocycles. The highest BCUT2D eigenvalue weighted by molar-refractivity contribution is 5.73. The number of nitrogens with zero attached hydrogens (tertiary/aromatic N) is 3. The predicted octanol–water partition coefficient (Wildman–Crippen LogP) is 4.70. The van der Waals surface area contributed by atoms with Crippen LogP contribution in [0, 0.1) is 0 Å². The summed E-state index contributed by atoms with van der Waals surface area (Å²) in [5.74, 6) is -1.09. The lowest BCUT2D eigenvalue weighted by atomic mass is 10.0. The summed E-state index contributed by atoms with van der Waals surface area (Å²) >= 11 is 0. The van der Waals surface area contributed by atoms with Gasteiger partial charge in [0.05, 0.1) is 12.6 Å². The fourth-order valence-corrected chi connectivity index (χ4v) is 2.40. The van der Waals surface area contributed by atoms with Crippen LogP contribution in [0.25, 0.3) is 10.4 Å². The van der Waals surface area contributed by atoms with Gasteiger partial charge in [0.1, 0.15) is 0 Å². The van der Waals surface area contributed by atoms with Gasteiger partial charge in [0.25, 0.3) is 0 Å². The van der Waals surface area contributed by atoms with Crippen LogP contribution in [0.3, 0.4) is 0 Å². The number of benzene rings is 1. The second-order valence-electron chi connectivity index (χ2n) is 5.53. The van der Waals surface area contributed by atoms with E-state index in [2.05, 4.69) is 16.9 Å². The normalized spacial score (nSPS) is 13.1. The van der Waals surface area contributed by atoms with Gasteiger partial charge in [0.2, 0.25) is 0 Å². The summed E-state index contributed by atoms with van der Waals surface area (Å²) in [7, 11) is 0. The Labute approximate surface area is 137 Å². The van der Waals surface area contributed by atoms with Crippen LogP contribution in [0.2, 0.25) is 0 Å². The second kappa shape index (κ2) is 11.5. The molecule has 126 valence electrons. The molecule has 6 heteroatoms. The van der Waals surface area contributed by atoms with Crippen molar-refractivity contribution in [2.24, 2.45) is 5.11 Å². The lowest BCUT2D eigenvalue weighted by molar-refractivity contribution is -0.152. The van der Waals surface area contributed by atoms with Crippen molar-refractivity contribution in [3.8, 4) is 0 Å². The molecule has 0 radical (unpaired) electrons. The van der Waals surface area contributed by atoms with Crippen LogP contribution in [-0.4, -0.2) is 23.2 Å². The molecule has 23 heavy (non-hydrogen) atoms. The summed E-state index contributed by atoms with van der Waals surface area (Å²) in [4.78, 5) is 14.3. The third-order valence-corrected chi connectivity index (χ3v) is 3.67. The molecule has 6 nitrogen and oxygen atoms in total. The van der Waals surface area contributed by atoms with Crippen molar-refractivity contribution in [2.75, 3.05) is 0 Å². The molecule has 0 spiro atoms. The van der Waals surface area contributed by atoms with Crippen LogP contribution in [0.4, 0.5) is 0 Å². The molecule has 0 heterocycles. The molecule has 1 N–H and O–H groups in total. The smallest absolute Gasteiger partial charge is 0.333 e. The van der Waals surface area contributed by atoms with Crippen molar-refractivity contribution < 1.29 is 14.6 Å². The SMILES string of the molecule is CCCCCCC[C@@H](N=[N+]=[N-])[C@@H](OCc1ccccc1)C(=O)O. The van der Waals surface area contributed by atoms with Crippen LogP contribution >= 0.6 is 0 Å². The van der Waals surface area contributed by atoms with E-state index in [0.29, 0.717) is 6.42 Å². The number of aliphatic carboxylic acids is 1. The molecular weight excluding hydrogens is 294 g/mol. The van der Waals surface area contributed by atoms with Crippen molar-refractivity contribution in [1.29, 1.82) is 0 Å². The number of ether oxygens (including phenoxy) is 1. The Morgan fingerprint density at radius 3 is 2.57 bits per heavy atom. The summed E-state index contributed by atoms with van der Waals surface area (Å²) in [6.45, 7) is 2.33. The minimum absolute atomic E-state index is 0.186. The van der Waals surface area contributed by atoms with Crippen LogP contribution < -0.4 is 0 Å². The molecule has 0 aliphatic carbocycles. The first kappa shape index (κ1) is 19.0. The molecule has 0 saturated carbocycles. The van der Waals surface area contributed by atoms with E-state index in [1.54, 1.807) is 0 Å². The second-order valence-corrected chi connectivity index (χ2v) is 5.53. The largest absolute Gasteiger partial charge is 0.479 e. The fourth-order valence-electron chi connectivity index (χ4n) is 2.40. The first-order valence-electron chi connectivity index (χ1n) is 8.11. The molecule has 1 rings (SSSR count). The van der Waals surface area contributed by atoms with Gasteiger partial charge in [-0.2, -0.15) is 0 Å². The maximum Gasteiger partial charge on any atom is 0.333 e. The van der Waals surface area contributed by atoms with Gasteiger partial charge in [-0.05, 0) is 17.5 Å². The quantitative estimate of drug-likeness (QED) is 0.262. The molecule has 1 aromatic rings. The summed E-state index contributed by atoms with van der Waals surface area (Å²) in [6.07, 6.45) is 4.69. The minimum atomic E-state index is -1.11. The highest BCUT2D eigenvalue weighted by Crippen LogP contribution is 2.17. The zero-order valence-corrected chi connectivity index (χ0v) is 13.6. The standard InChI is InChI=1S/C17H25N3O3/c1-2-3-4-5-9-12-15(19-20-18)16(17(21)22)23-13-14-10-7-6-8-11-14/h6-8,10-11,15-16H,2-5,9,12-13H2,1H3,(H,21,22)/t15-,16-/m1/s1. The fraction of sp³-hybridized carbons (Fsp3) is 0.588. The van der Waals surface area contributed by atoms with E-state index in [1.165, 1.54) is 6.42 Å². The number of carbonyl (C=O) groups is 1. The van der Waals surface area contributed by atoms with E-state index in [1.807, 2.05) is 30.3 Å². The van der Waals surface area contributed by atoms with Gasteiger partial charge >= 0.3 is 5.97 Å². The topological polar surface area (TPSA) is 95.3 Å². The zero-order valence-electron chi connectivity index (χ0n) is 13.6. The lowest BCUT2D eigenvalue weighted by Gasteiger charge is -2.20. The Balaban J connectivity index is 2.58. The third kappa shape index (κ3) is 7.68. The predicted molar refractivity (Wildman–Crippen MR) is 89.0 cm³/mol. The van der Waals surface area contributed by atoms with Crippen molar-refractivity contribution >= 4 is 5.97 Å². The van der Waals surface area contributed by atoms with Gasteiger partial charge in [-0.3, -0.25) is 0 Å². The average molecular weight is 319 g/mol. The Hall–Kier alpha value is -2.04. The van der Waals surface area contributed by atoms with Gasteiger partial charge in [0, 0.05) is 4.91 Å². The van der Waals surface area contributed by atoms with E-state index >= 15 is 0 Å². The third-order valence-electron chi connectivity index (χ3n) is 3.67. The maximum absolute atomic E-state index is 11.5. The molecule has 0 fully saturated rings. The Morgan fingerprint density at radius 1 is 1.26 bits per heavy atom. The summed E-state index contributed by atoms with van der Waals surface area (Å²) in [5, 5.41) is 13.0. The van der Waals surface area contributed by atoms with Crippen LogP contribution in [0.15, 0.2) is 35.4 Å². The Kier molecular flexibility index (Phi) is 9.52. The van der Waals surface area contributed by atoms with Gasteiger partial charge < -0.3 is 9.84 Å². The molecule has 0 unspecified atom stereocenters. The molecule has 0 aliphatic rings. The van der Waals surface area contributed by atoms with Gasteiger partial charge in [-0.25, -0.2) is 4.79 Å². The molecular formula is C17H25N3O3. The molecule has 1 aromatic carbocycles. The number of hydrogen-bond donors (Lipinski definition) is 1. The molecule has 0 saturated heterocycles. The zero-order chi connectivity index (χ0) is 16.9. The first-order valence-corrected chi connectivity index (χ1v) is 8.11. The van der Waals surface area contributed by atoms with Gasteiger partial charge in [-0.15, -0.1) is 0 Å². The number of hydrogen-bond acceptors (Lipinski definition) is 3. The van der Waals surface area contributed by atoms with Crippen LogP contribution in [0.1, 0.15) is 51.0 Å². The number of rotatable bonds is 12. The monoisotopic (exact) mass is 319 g/mol.